The van der Waals surface area contributed by atoms with E-state index in [1.807, 2.05) is 0 Å². The van der Waals surface area contributed by atoms with Crippen molar-refractivity contribution in [1.29, 1.82) is 0 Å². The fourth-order valence-electron chi connectivity index (χ4n) is 3.07. The number of piperidine rings is 1. The number of carbonyl (C=O) groups is 1. The Hall–Kier alpha value is -1.40. The first-order valence-corrected chi connectivity index (χ1v) is 6.87. The van der Waals surface area contributed by atoms with E-state index in [0.29, 0.717) is 18.3 Å². The number of fused-ring (bicyclic) bond motifs is 1. The van der Waals surface area contributed by atoms with Crippen LogP contribution >= 0.6 is 0 Å². The lowest BCUT2D eigenvalue weighted by atomic mass is 9.99. The first-order chi connectivity index (χ1) is 9.22. The molecule has 0 aliphatic carbocycles. The summed E-state index contributed by atoms with van der Waals surface area (Å²) in [7, 11) is 0. The minimum absolute atomic E-state index is 0.00805. The van der Waals surface area contributed by atoms with Crippen LogP contribution in [0.5, 0.6) is 0 Å². The predicted octanol–water partition coefficient (Wildman–Crippen LogP) is 1.04. The first-order valence-electron chi connectivity index (χ1n) is 6.87. The number of piperazine rings is 1. The summed E-state index contributed by atoms with van der Waals surface area (Å²) >= 11 is 0. The van der Waals surface area contributed by atoms with E-state index in [4.69, 9.17) is 9.63 Å². The van der Waals surface area contributed by atoms with E-state index in [1.165, 1.54) is 31.9 Å². The SMILES string of the molecule is O=C(O)c1cc(CN2CCN3CCCCC3C2)on1. The Bertz CT molecular complexity index is 460. The van der Waals surface area contributed by atoms with Crippen molar-refractivity contribution >= 4 is 5.97 Å². The summed E-state index contributed by atoms with van der Waals surface area (Å²) in [6.07, 6.45) is 3.91. The average Bonchev–Trinajstić information content (AvgIpc) is 2.87. The van der Waals surface area contributed by atoms with Crippen molar-refractivity contribution in [3.05, 3.63) is 17.5 Å². The molecular weight excluding hydrogens is 246 g/mol. The van der Waals surface area contributed by atoms with Gasteiger partial charge in [-0.1, -0.05) is 11.6 Å². The maximum atomic E-state index is 10.8. The number of carboxylic acids is 1. The van der Waals surface area contributed by atoms with Crippen molar-refractivity contribution in [3.63, 3.8) is 0 Å². The number of aromatic nitrogens is 1. The minimum atomic E-state index is -1.04. The van der Waals surface area contributed by atoms with Crippen LogP contribution in [0, 0.1) is 0 Å². The Kier molecular flexibility index (Phi) is 3.52. The van der Waals surface area contributed by atoms with Crippen LogP contribution in [-0.2, 0) is 6.54 Å². The summed E-state index contributed by atoms with van der Waals surface area (Å²) in [5.74, 6) is -0.395. The Labute approximate surface area is 112 Å². The van der Waals surface area contributed by atoms with E-state index < -0.39 is 5.97 Å². The molecule has 6 heteroatoms. The number of carboxylic acid groups (broad SMARTS) is 1. The van der Waals surface area contributed by atoms with Crippen molar-refractivity contribution in [2.24, 2.45) is 0 Å². The third kappa shape index (κ3) is 2.79. The zero-order valence-corrected chi connectivity index (χ0v) is 10.9. The lowest BCUT2D eigenvalue weighted by molar-refractivity contribution is 0.0417. The van der Waals surface area contributed by atoms with Crippen LogP contribution in [0.2, 0.25) is 0 Å². The Balaban J connectivity index is 1.59. The third-order valence-corrected chi connectivity index (χ3v) is 4.08. The number of rotatable bonds is 3. The Morgan fingerprint density at radius 2 is 2.32 bits per heavy atom. The highest BCUT2D eigenvalue weighted by Crippen LogP contribution is 2.22. The van der Waals surface area contributed by atoms with Gasteiger partial charge in [-0.15, -0.1) is 0 Å². The normalized spacial score (nSPS) is 25.2. The standard InChI is InChI=1S/C13H19N3O3/c17-13(18)12-7-11(19-14-12)9-15-5-6-16-4-2-1-3-10(16)8-15/h7,10H,1-6,8-9H2,(H,17,18). The zero-order chi connectivity index (χ0) is 13.2. The lowest BCUT2D eigenvalue weighted by Crippen LogP contribution is -2.54. The van der Waals surface area contributed by atoms with Gasteiger partial charge >= 0.3 is 5.97 Å². The second-order valence-corrected chi connectivity index (χ2v) is 5.40. The maximum absolute atomic E-state index is 10.8. The second kappa shape index (κ2) is 5.30. The van der Waals surface area contributed by atoms with Gasteiger partial charge in [-0.05, 0) is 19.4 Å². The minimum Gasteiger partial charge on any atom is -0.476 e. The molecule has 1 atom stereocenters. The molecule has 0 saturated carbocycles. The van der Waals surface area contributed by atoms with E-state index >= 15 is 0 Å². The number of aromatic carboxylic acids is 1. The molecule has 1 aromatic heterocycles. The molecule has 2 fully saturated rings. The second-order valence-electron chi connectivity index (χ2n) is 5.40. The topological polar surface area (TPSA) is 69.8 Å². The van der Waals surface area contributed by atoms with E-state index in [2.05, 4.69) is 15.0 Å². The van der Waals surface area contributed by atoms with Crippen molar-refractivity contribution in [2.75, 3.05) is 26.2 Å². The summed E-state index contributed by atoms with van der Waals surface area (Å²) < 4.78 is 5.08. The molecular formula is C13H19N3O3. The van der Waals surface area contributed by atoms with Gasteiger partial charge in [0, 0.05) is 31.7 Å². The zero-order valence-electron chi connectivity index (χ0n) is 10.9. The molecule has 2 aliphatic rings. The largest absolute Gasteiger partial charge is 0.476 e. The van der Waals surface area contributed by atoms with Crippen molar-refractivity contribution in [1.82, 2.24) is 15.0 Å². The van der Waals surface area contributed by atoms with Gasteiger partial charge in [0.05, 0.1) is 6.54 Å². The maximum Gasteiger partial charge on any atom is 0.358 e. The molecule has 0 aromatic carbocycles. The first kappa shape index (κ1) is 12.6. The summed E-state index contributed by atoms with van der Waals surface area (Å²) in [4.78, 5) is 15.7. The highest BCUT2D eigenvalue weighted by atomic mass is 16.5. The molecule has 3 heterocycles. The average molecular weight is 265 g/mol. The molecule has 2 saturated heterocycles. The highest BCUT2D eigenvalue weighted by molar-refractivity contribution is 5.85. The molecule has 0 amide bonds. The van der Waals surface area contributed by atoms with Crippen LogP contribution in [0.15, 0.2) is 10.6 Å². The van der Waals surface area contributed by atoms with E-state index in [1.54, 1.807) is 0 Å². The van der Waals surface area contributed by atoms with Gasteiger partial charge in [-0.25, -0.2) is 4.79 Å². The molecule has 6 nitrogen and oxygen atoms in total. The smallest absolute Gasteiger partial charge is 0.358 e. The van der Waals surface area contributed by atoms with Crippen molar-refractivity contribution in [2.45, 2.75) is 31.8 Å². The highest BCUT2D eigenvalue weighted by Gasteiger charge is 2.29. The quantitative estimate of drug-likeness (QED) is 0.880. The number of nitrogens with zero attached hydrogens (tertiary/aromatic N) is 3. The van der Waals surface area contributed by atoms with Gasteiger partial charge in [0.25, 0.3) is 0 Å². The summed E-state index contributed by atoms with van der Waals surface area (Å²) in [6, 6.07) is 2.18. The molecule has 1 N–H and O–H groups in total. The lowest BCUT2D eigenvalue weighted by Gasteiger charge is -2.43. The molecule has 0 radical (unpaired) electrons. The van der Waals surface area contributed by atoms with Crippen molar-refractivity contribution < 1.29 is 14.4 Å². The van der Waals surface area contributed by atoms with E-state index in [-0.39, 0.29) is 5.69 Å². The van der Waals surface area contributed by atoms with Gasteiger partial charge in [-0.3, -0.25) is 9.80 Å². The molecule has 104 valence electrons. The van der Waals surface area contributed by atoms with Crippen molar-refractivity contribution in [3.8, 4) is 0 Å². The van der Waals surface area contributed by atoms with E-state index in [0.717, 1.165) is 19.6 Å². The fraction of sp³-hybridized carbons (Fsp3) is 0.692. The molecule has 0 bridgehead atoms. The molecule has 1 unspecified atom stereocenters. The molecule has 2 aliphatic heterocycles. The van der Waals surface area contributed by atoms with Gasteiger partial charge in [0.15, 0.2) is 11.5 Å². The van der Waals surface area contributed by atoms with Crippen LogP contribution < -0.4 is 0 Å². The summed E-state index contributed by atoms with van der Waals surface area (Å²) in [6.45, 7) is 5.04. The third-order valence-electron chi connectivity index (χ3n) is 4.08. The number of hydrogen-bond acceptors (Lipinski definition) is 5. The molecule has 1 aromatic rings. The van der Waals surface area contributed by atoms with Gasteiger partial charge in [0.2, 0.25) is 0 Å². The fourth-order valence-corrected chi connectivity index (χ4v) is 3.07. The number of hydrogen-bond donors (Lipinski definition) is 1. The Morgan fingerprint density at radius 3 is 3.11 bits per heavy atom. The predicted molar refractivity (Wildman–Crippen MR) is 68.0 cm³/mol. The van der Waals surface area contributed by atoms with Gasteiger partial charge in [0.1, 0.15) is 0 Å². The monoisotopic (exact) mass is 265 g/mol. The molecule has 0 spiro atoms. The summed E-state index contributed by atoms with van der Waals surface area (Å²) in [5.41, 5.74) is -0.00805. The van der Waals surface area contributed by atoms with Gasteiger partial charge < -0.3 is 9.63 Å². The van der Waals surface area contributed by atoms with Crippen LogP contribution in [0.4, 0.5) is 0 Å². The molecule has 3 rings (SSSR count). The van der Waals surface area contributed by atoms with Crippen LogP contribution in [-0.4, -0.2) is 58.3 Å². The van der Waals surface area contributed by atoms with Crippen LogP contribution in [0.3, 0.4) is 0 Å². The Morgan fingerprint density at radius 1 is 1.42 bits per heavy atom. The van der Waals surface area contributed by atoms with Crippen LogP contribution in [0.1, 0.15) is 35.5 Å². The molecule has 19 heavy (non-hydrogen) atoms. The van der Waals surface area contributed by atoms with Crippen LogP contribution in [0.25, 0.3) is 0 Å². The summed E-state index contributed by atoms with van der Waals surface area (Å²) in [5, 5.41) is 12.4. The van der Waals surface area contributed by atoms with E-state index in [9.17, 15) is 4.79 Å². The van der Waals surface area contributed by atoms with Gasteiger partial charge in [-0.2, -0.15) is 0 Å².